The van der Waals surface area contributed by atoms with Gasteiger partial charge < -0.3 is 14.8 Å². The van der Waals surface area contributed by atoms with Gasteiger partial charge in [0.2, 0.25) is 0 Å². The Bertz CT molecular complexity index is 564. The SMILES string of the molecule is OC(CN1CCNCC1)c1cc2cc(Cl)ccc2o1. The van der Waals surface area contributed by atoms with Crippen LogP contribution in [0.5, 0.6) is 0 Å². The zero-order valence-corrected chi connectivity index (χ0v) is 11.4. The van der Waals surface area contributed by atoms with Crippen molar-refractivity contribution in [3.63, 3.8) is 0 Å². The lowest BCUT2D eigenvalue weighted by Gasteiger charge is -2.28. The van der Waals surface area contributed by atoms with Crippen molar-refractivity contribution >= 4 is 22.6 Å². The Hall–Kier alpha value is -1.07. The maximum absolute atomic E-state index is 10.3. The highest BCUT2D eigenvalue weighted by atomic mass is 35.5. The number of benzene rings is 1. The molecule has 1 atom stereocenters. The molecule has 102 valence electrons. The van der Waals surface area contributed by atoms with Crippen LogP contribution in [0.15, 0.2) is 28.7 Å². The summed E-state index contributed by atoms with van der Waals surface area (Å²) in [7, 11) is 0. The lowest BCUT2D eigenvalue weighted by Crippen LogP contribution is -2.44. The van der Waals surface area contributed by atoms with E-state index in [9.17, 15) is 5.11 Å². The zero-order valence-electron chi connectivity index (χ0n) is 10.6. The fourth-order valence-corrected chi connectivity index (χ4v) is 2.61. The fraction of sp³-hybridized carbons (Fsp3) is 0.429. The molecule has 1 aliphatic heterocycles. The highest BCUT2D eigenvalue weighted by molar-refractivity contribution is 6.31. The lowest BCUT2D eigenvalue weighted by atomic mass is 10.2. The second kappa shape index (κ2) is 5.51. The molecule has 1 saturated heterocycles. The van der Waals surface area contributed by atoms with Crippen molar-refractivity contribution in [1.82, 2.24) is 10.2 Å². The molecule has 2 N–H and O–H groups in total. The number of β-amino-alcohol motifs (C(OH)–C–C–N with tert-alkyl or cyclic N) is 1. The summed E-state index contributed by atoms with van der Waals surface area (Å²) in [5, 5.41) is 15.2. The van der Waals surface area contributed by atoms with Crippen LogP contribution in [-0.4, -0.2) is 42.7 Å². The highest BCUT2D eigenvalue weighted by Crippen LogP contribution is 2.26. The Morgan fingerprint density at radius 3 is 2.89 bits per heavy atom. The van der Waals surface area contributed by atoms with E-state index < -0.39 is 6.10 Å². The number of aliphatic hydroxyl groups excluding tert-OH is 1. The quantitative estimate of drug-likeness (QED) is 0.903. The number of rotatable bonds is 3. The maximum atomic E-state index is 10.3. The van der Waals surface area contributed by atoms with E-state index in [1.807, 2.05) is 18.2 Å². The molecule has 1 unspecified atom stereocenters. The van der Waals surface area contributed by atoms with Crippen molar-refractivity contribution < 1.29 is 9.52 Å². The Labute approximate surface area is 116 Å². The Morgan fingerprint density at radius 2 is 2.11 bits per heavy atom. The lowest BCUT2D eigenvalue weighted by molar-refractivity contribution is 0.0897. The fourth-order valence-electron chi connectivity index (χ4n) is 2.43. The second-order valence-corrected chi connectivity index (χ2v) is 5.33. The van der Waals surface area contributed by atoms with Crippen LogP contribution in [-0.2, 0) is 0 Å². The molecule has 0 radical (unpaired) electrons. The summed E-state index contributed by atoms with van der Waals surface area (Å²) in [5.74, 6) is 0.607. The van der Waals surface area contributed by atoms with E-state index in [0.717, 1.165) is 37.1 Å². The molecule has 0 aliphatic carbocycles. The topological polar surface area (TPSA) is 48.6 Å². The van der Waals surface area contributed by atoms with E-state index in [2.05, 4.69) is 10.2 Å². The highest BCUT2D eigenvalue weighted by Gasteiger charge is 2.18. The molecular formula is C14H17ClN2O2. The van der Waals surface area contributed by atoms with Crippen molar-refractivity contribution in [3.8, 4) is 0 Å². The Morgan fingerprint density at radius 1 is 1.32 bits per heavy atom. The van der Waals surface area contributed by atoms with Gasteiger partial charge in [-0.2, -0.15) is 0 Å². The van der Waals surface area contributed by atoms with E-state index >= 15 is 0 Å². The largest absolute Gasteiger partial charge is 0.458 e. The number of hydrogen-bond acceptors (Lipinski definition) is 4. The first-order chi connectivity index (χ1) is 9.22. The minimum Gasteiger partial charge on any atom is -0.458 e. The van der Waals surface area contributed by atoms with E-state index in [4.69, 9.17) is 16.0 Å². The standard InChI is InChI=1S/C14H17ClN2O2/c15-11-1-2-13-10(7-11)8-14(19-13)12(18)9-17-5-3-16-4-6-17/h1-2,7-8,12,16,18H,3-6,9H2. The summed E-state index contributed by atoms with van der Waals surface area (Å²) in [6, 6.07) is 7.34. The van der Waals surface area contributed by atoms with Gasteiger partial charge in [-0.05, 0) is 24.3 Å². The van der Waals surface area contributed by atoms with Gasteiger partial charge in [0.05, 0.1) is 0 Å². The minimum absolute atomic E-state index is 0.593. The third-order valence-corrected chi connectivity index (χ3v) is 3.70. The number of nitrogens with zero attached hydrogens (tertiary/aromatic N) is 1. The van der Waals surface area contributed by atoms with Crippen LogP contribution >= 0.6 is 11.6 Å². The molecule has 2 aromatic rings. The normalized spacial score (nSPS) is 18.8. The van der Waals surface area contributed by atoms with Crippen molar-refractivity contribution in [2.24, 2.45) is 0 Å². The van der Waals surface area contributed by atoms with Gasteiger partial charge >= 0.3 is 0 Å². The van der Waals surface area contributed by atoms with E-state index in [1.165, 1.54) is 0 Å². The van der Waals surface area contributed by atoms with Gasteiger partial charge in [-0.25, -0.2) is 0 Å². The molecule has 1 fully saturated rings. The molecule has 3 rings (SSSR count). The first-order valence-corrected chi connectivity index (χ1v) is 6.90. The molecule has 0 saturated carbocycles. The monoisotopic (exact) mass is 280 g/mol. The first kappa shape index (κ1) is 12.9. The predicted molar refractivity (Wildman–Crippen MR) is 75.5 cm³/mol. The van der Waals surface area contributed by atoms with Crippen LogP contribution < -0.4 is 5.32 Å². The Kier molecular flexibility index (Phi) is 3.75. The predicted octanol–water partition coefficient (Wildman–Crippen LogP) is 2.02. The summed E-state index contributed by atoms with van der Waals surface area (Å²) < 4.78 is 5.68. The molecule has 2 heterocycles. The van der Waals surface area contributed by atoms with Crippen molar-refractivity contribution in [2.45, 2.75) is 6.10 Å². The number of aliphatic hydroxyl groups is 1. The van der Waals surface area contributed by atoms with Gasteiger partial charge in [0.1, 0.15) is 17.4 Å². The number of hydrogen-bond donors (Lipinski definition) is 2. The number of nitrogens with one attached hydrogen (secondary N) is 1. The number of furan rings is 1. The van der Waals surface area contributed by atoms with Crippen molar-refractivity contribution in [1.29, 1.82) is 0 Å². The van der Waals surface area contributed by atoms with E-state index in [0.29, 0.717) is 17.3 Å². The third kappa shape index (κ3) is 2.92. The third-order valence-electron chi connectivity index (χ3n) is 3.47. The average molecular weight is 281 g/mol. The summed E-state index contributed by atoms with van der Waals surface area (Å²) in [5.41, 5.74) is 0.763. The van der Waals surface area contributed by atoms with Crippen LogP contribution in [0, 0.1) is 0 Å². The summed E-state index contributed by atoms with van der Waals surface area (Å²) >= 11 is 5.94. The van der Waals surface area contributed by atoms with Gasteiger partial charge in [-0.3, -0.25) is 4.90 Å². The number of fused-ring (bicyclic) bond motifs is 1. The van der Waals surface area contributed by atoms with Crippen LogP contribution in [0.4, 0.5) is 0 Å². The molecule has 19 heavy (non-hydrogen) atoms. The van der Waals surface area contributed by atoms with Gasteiger partial charge in [0, 0.05) is 43.1 Å². The first-order valence-electron chi connectivity index (χ1n) is 6.52. The molecule has 5 heteroatoms. The van der Waals surface area contributed by atoms with Crippen LogP contribution in [0.25, 0.3) is 11.0 Å². The molecule has 0 spiro atoms. The van der Waals surface area contributed by atoms with Gasteiger partial charge in [-0.15, -0.1) is 0 Å². The minimum atomic E-state index is -0.593. The summed E-state index contributed by atoms with van der Waals surface area (Å²) in [4.78, 5) is 2.24. The summed E-state index contributed by atoms with van der Waals surface area (Å²) in [6.07, 6.45) is -0.593. The van der Waals surface area contributed by atoms with Crippen LogP contribution in [0.3, 0.4) is 0 Å². The molecule has 0 amide bonds. The molecule has 0 bridgehead atoms. The van der Waals surface area contributed by atoms with Gasteiger partial charge in [-0.1, -0.05) is 11.6 Å². The smallest absolute Gasteiger partial charge is 0.135 e. The van der Waals surface area contributed by atoms with E-state index in [1.54, 1.807) is 6.07 Å². The van der Waals surface area contributed by atoms with Gasteiger partial charge in [0.25, 0.3) is 0 Å². The average Bonchev–Trinajstić information content (AvgIpc) is 2.83. The number of halogens is 1. The summed E-state index contributed by atoms with van der Waals surface area (Å²) in [6.45, 7) is 4.48. The molecule has 1 aliphatic rings. The molecule has 1 aromatic carbocycles. The number of piperazine rings is 1. The van der Waals surface area contributed by atoms with Crippen LogP contribution in [0.2, 0.25) is 5.02 Å². The maximum Gasteiger partial charge on any atom is 0.135 e. The van der Waals surface area contributed by atoms with E-state index in [-0.39, 0.29) is 0 Å². The molecule has 4 nitrogen and oxygen atoms in total. The van der Waals surface area contributed by atoms with Crippen molar-refractivity contribution in [2.75, 3.05) is 32.7 Å². The zero-order chi connectivity index (χ0) is 13.2. The molecule has 1 aromatic heterocycles. The molecular weight excluding hydrogens is 264 g/mol. The second-order valence-electron chi connectivity index (χ2n) is 4.90. The van der Waals surface area contributed by atoms with Crippen LogP contribution in [0.1, 0.15) is 11.9 Å². The Balaban J connectivity index is 1.75. The van der Waals surface area contributed by atoms with Crippen molar-refractivity contribution in [3.05, 3.63) is 35.0 Å². The van der Waals surface area contributed by atoms with Gasteiger partial charge in [0.15, 0.2) is 0 Å².